The molecule has 0 aromatic rings. The highest BCUT2D eigenvalue weighted by Crippen LogP contribution is 1.82. The van der Waals surface area contributed by atoms with Gasteiger partial charge in [-0.1, -0.05) is 24.3 Å². The predicted octanol–water partition coefficient (Wildman–Crippen LogP) is 1.50. The third-order valence-corrected chi connectivity index (χ3v) is 0.693. The molecular formula is C7H12O. The van der Waals surface area contributed by atoms with Crippen LogP contribution in [0.5, 0.6) is 0 Å². The van der Waals surface area contributed by atoms with Gasteiger partial charge in [0.1, 0.15) is 0 Å². The lowest BCUT2D eigenvalue weighted by Crippen LogP contribution is -1.90. The van der Waals surface area contributed by atoms with E-state index in [-0.39, 0.29) is 6.10 Å². The molecule has 0 aromatic carbocycles. The van der Waals surface area contributed by atoms with Crippen LogP contribution in [-0.4, -0.2) is 11.2 Å². The number of hydrogen-bond acceptors (Lipinski definition) is 1. The van der Waals surface area contributed by atoms with Crippen molar-refractivity contribution in [1.29, 1.82) is 0 Å². The summed E-state index contributed by atoms with van der Waals surface area (Å²) in [4.78, 5) is 0. The van der Waals surface area contributed by atoms with Crippen molar-refractivity contribution in [2.24, 2.45) is 0 Å². The standard InChI is InChI=1S/C7H12O/c1-3-4-5-6-7(2)8/h3-8H,1-2H3/b4-3-,6-5+. The molecule has 1 N–H and O–H groups in total. The van der Waals surface area contributed by atoms with E-state index in [4.69, 9.17) is 5.11 Å². The summed E-state index contributed by atoms with van der Waals surface area (Å²) < 4.78 is 0. The van der Waals surface area contributed by atoms with Crippen molar-refractivity contribution in [1.82, 2.24) is 0 Å². The molecule has 0 aromatic heterocycles. The first-order valence-electron chi connectivity index (χ1n) is 2.75. The monoisotopic (exact) mass is 112 g/mol. The SMILES string of the molecule is C/C=C\C=C\C(C)O. The Labute approximate surface area is 50.3 Å². The molecule has 0 aliphatic rings. The zero-order valence-electron chi connectivity index (χ0n) is 5.33. The number of hydrogen-bond donors (Lipinski definition) is 1. The first-order valence-corrected chi connectivity index (χ1v) is 2.75. The summed E-state index contributed by atoms with van der Waals surface area (Å²) in [7, 11) is 0. The van der Waals surface area contributed by atoms with Gasteiger partial charge in [0.05, 0.1) is 6.10 Å². The van der Waals surface area contributed by atoms with Crippen LogP contribution in [0.15, 0.2) is 24.3 Å². The maximum absolute atomic E-state index is 8.66. The minimum absolute atomic E-state index is 0.328. The van der Waals surface area contributed by atoms with Gasteiger partial charge >= 0.3 is 0 Å². The average Bonchev–Trinajstić information content (AvgIpc) is 1.66. The summed E-state index contributed by atoms with van der Waals surface area (Å²) in [5.74, 6) is 0. The minimum atomic E-state index is -0.328. The normalized spacial score (nSPS) is 15.9. The van der Waals surface area contributed by atoms with E-state index in [0.717, 1.165) is 0 Å². The highest BCUT2D eigenvalue weighted by Gasteiger charge is 1.79. The molecule has 8 heavy (non-hydrogen) atoms. The van der Waals surface area contributed by atoms with E-state index in [9.17, 15) is 0 Å². The van der Waals surface area contributed by atoms with Crippen molar-refractivity contribution in [3.05, 3.63) is 24.3 Å². The first kappa shape index (κ1) is 7.44. The Kier molecular flexibility index (Phi) is 4.27. The Morgan fingerprint density at radius 1 is 1.38 bits per heavy atom. The molecule has 0 radical (unpaired) electrons. The maximum atomic E-state index is 8.66. The fourth-order valence-corrected chi connectivity index (χ4v) is 0.336. The summed E-state index contributed by atoms with van der Waals surface area (Å²) in [6.45, 7) is 3.66. The fraction of sp³-hybridized carbons (Fsp3) is 0.429. The Morgan fingerprint density at radius 3 is 2.38 bits per heavy atom. The van der Waals surface area contributed by atoms with Crippen molar-refractivity contribution < 1.29 is 5.11 Å². The molecule has 1 atom stereocenters. The molecule has 0 aliphatic carbocycles. The molecule has 0 spiro atoms. The molecule has 1 heteroatoms. The van der Waals surface area contributed by atoms with Gasteiger partial charge in [0.15, 0.2) is 0 Å². The Balaban J connectivity index is 3.34. The van der Waals surface area contributed by atoms with E-state index in [1.807, 2.05) is 25.2 Å². The predicted molar refractivity (Wildman–Crippen MR) is 35.6 cm³/mol. The average molecular weight is 112 g/mol. The molecule has 0 aliphatic heterocycles. The summed E-state index contributed by atoms with van der Waals surface area (Å²) in [6.07, 6.45) is 7.02. The fourth-order valence-electron chi connectivity index (χ4n) is 0.336. The van der Waals surface area contributed by atoms with E-state index in [1.54, 1.807) is 13.0 Å². The molecule has 0 heterocycles. The molecule has 1 nitrogen and oxygen atoms in total. The summed E-state index contributed by atoms with van der Waals surface area (Å²) >= 11 is 0. The van der Waals surface area contributed by atoms with Crippen molar-refractivity contribution in [3.8, 4) is 0 Å². The molecule has 0 saturated carbocycles. The van der Waals surface area contributed by atoms with Gasteiger partial charge in [-0.15, -0.1) is 0 Å². The van der Waals surface area contributed by atoms with Crippen molar-refractivity contribution >= 4 is 0 Å². The smallest absolute Gasteiger partial charge is 0.0695 e. The van der Waals surface area contributed by atoms with Crippen molar-refractivity contribution in [2.45, 2.75) is 20.0 Å². The van der Waals surface area contributed by atoms with Gasteiger partial charge in [0, 0.05) is 0 Å². The number of allylic oxidation sites excluding steroid dienone is 3. The molecule has 1 unspecified atom stereocenters. The van der Waals surface area contributed by atoms with Gasteiger partial charge in [-0.25, -0.2) is 0 Å². The first-order chi connectivity index (χ1) is 3.77. The second-order valence-corrected chi connectivity index (χ2v) is 1.65. The van der Waals surface area contributed by atoms with Gasteiger partial charge in [0.2, 0.25) is 0 Å². The van der Waals surface area contributed by atoms with E-state index < -0.39 is 0 Å². The van der Waals surface area contributed by atoms with E-state index in [2.05, 4.69) is 0 Å². The summed E-state index contributed by atoms with van der Waals surface area (Å²) in [6, 6.07) is 0. The second kappa shape index (κ2) is 4.60. The van der Waals surface area contributed by atoms with Crippen LogP contribution in [-0.2, 0) is 0 Å². The van der Waals surface area contributed by atoms with Gasteiger partial charge in [-0.2, -0.15) is 0 Å². The van der Waals surface area contributed by atoms with Crippen molar-refractivity contribution in [3.63, 3.8) is 0 Å². The van der Waals surface area contributed by atoms with E-state index in [1.165, 1.54) is 0 Å². The third kappa shape index (κ3) is 5.44. The number of aliphatic hydroxyl groups is 1. The lowest BCUT2D eigenvalue weighted by atomic mass is 10.3. The van der Waals surface area contributed by atoms with Crippen LogP contribution in [0.4, 0.5) is 0 Å². The molecule has 0 rings (SSSR count). The molecule has 0 amide bonds. The zero-order chi connectivity index (χ0) is 6.41. The Bertz CT molecular complexity index is 90.6. The van der Waals surface area contributed by atoms with Crippen molar-refractivity contribution in [2.75, 3.05) is 0 Å². The Hall–Kier alpha value is -0.560. The van der Waals surface area contributed by atoms with Crippen LogP contribution in [0.1, 0.15) is 13.8 Å². The second-order valence-electron chi connectivity index (χ2n) is 1.65. The quantitative estimate of drug-likeness (QED) is 0.537. The Morgan fingerprint density at radius 2 is 2.00 bits per heavy atom. The highest BCUT2D eigenvalue weighted by atomic mass is 16.3. The summed E-state index contributed by atoms with van der Waals surface area (Å²) in [5.41, 5.74) is 0. The largest absolute Gasteiger partial charge is 0.389 e. The van der Waals surface area contributed by atoms with Crippen LogP contribution in [0.25, 0.3) is 0 Å². The van der Waals surface area contributed by atoms with Crippen LogP contribution in [0, 0.1) is 0 Å². The third-order valence-electron chi connectivity index (χ3n) is 0.693. The minimum Gasteiger partial charge on any atom is -0.389 e. The van der Waals surface area contributed by atoms with E-state index >= 15 is 0 Å². The van der Waals surface area contributed by atoms with Gasteiger partial charge < -0.3 is 5.11 Å². The zero-order valence-corrected chi connectivity index (χ0v) is 5.33. The highest BCUT2D eigenvalue weighted by molar-refractivity contribution is 5.02. The molecule has 46 valence electrons. The summed E-state index contributed by atoms with van der Waals surface area (Å²) in [5, 5.41) is 8.66. The lowest BCUT2D eigenvalue weighted by Gasteiger charge is -1.88. The number of rotatable bonds is 2. The van der Waals surface area contributed by atoms with Crippen LogP contribution in [0.3, 0.4) is 0 Å². The van der Waals surface area contributed by atoms with Crippen LogP contribution < -0.4 is 0 Å². The van der Waals surface area contributed by atoms with Crippen LogP contribution in [0.2, 0.25) is 0 Å². The molecule has 0 saturated heterocycles. The maximum Gasteiger partial charge on any atom is 0.0695 e. The lowest BCUT2D eigenvalue weighted by molar-refractivity contribution is 0.244. The topological polar surface area (TPSA) is 20.2 Å². The van der Waals surface area contributed by atoms with E-state index in [0.29, 0.717) is 0 Å². The molecular weight excluding hydrogens is 100 g/mol. The number of aliphatic hydroxyl groups excluding tert-OH is 1. The van der Waals surface area contributed by atoms with Crippen LogP contribution >= 0.6 is 0 Å². The molecule has 0 fully saturated rings. The van der Waals surface area contributed by atoms with Gasteiger partial charge in [-0.05, 0) is 13.8 Å². The van der Waals surface area contributed by atoms with Gasteiger partial charge in [-0.3, -0.25) is 0 Å². The van der Waals surface area contributed by atoms with Gasteiger partial charge in [0.25, 0.3) is 0 Å². The molecule has 0 bridgehead atoms.